The first-order valence-electron chi connectivity index (χ1n) is 3.96. The first-order chi connectivity index (χ1) is 6.29. The van der Waals surface area contributed by atoms with Crippen molar-refractivity contribution in [2.24, 2.45) is 0 Å². The van der Waals surface area contributed by atoms with Crippen LogP contribution in [0.5, 0.6) is 0 Å². The van der Waals surface area contributed by atoms with Gasteiger partial charge in [0.1, 0.15) is 0 Å². The van der Waals surface area contributed by atoms with E-state index in [0.717, 1.165) is 15.9 Å². The highest BCUT2D eigenvalue weighted by Crippen LogP contribution is 2.20. The van der Waals surface area contributed by atoms with E-state index in [0.29, 0.717) is 0 Å². The highest BCUT2D eigenvalue weighted by Gasteiger charge is 2.03. The number of benzene rings is 1. The second kappa shape index (κ2) is 3.34. The zero-order valence-electron chi connectivity index (χ0n) is 7.16. The molecule has 2 nitrogen and oxygen atoms in total. The van der Waals surface area contributed by atoms with E-state index >= 15 is 0 Å². The van der Waals surface area contributed by atoms with E-state index in [4.69, 9.17) is 0 Å². The molecule has 0 fully saturated rings. The predicted octanol–water partition coefficient (Wildman–Crippen LogP) is 2.74. The zero-order chi connectivity index (χ0) is 9.26. The van der Waals surface area contributed by atoms with Gasteiger partial charge in [-0.2, -0.15) is 5.10 Å². The largest absolute Gasteiger partial charge is 0.236 e. The Morgan fingerprint density at radius 1 is 1.38 bits per heavy atom. The number of hydrogen-bond acceptors (Lipinski definition) is 1. The van der Waals surface area contributed by atoms with E-state index < -0.39 is 0 Å². The number of hydrogen-bond donors (Lipinski definition) is 0. The molecule has 1 aromatic heterocycles. The van der Waals surface area contributed by atoms with Crippen LogP contribution in [0.1, 0.15) is 5.69 Å². The lowest BCUT2D eigenvalue weighted by molar-refractivity contribution is 0.843. The normalized spacial score (nSPS) is 10.3. The van der Waals surface area contributed by atoms with Gasteiger partial charge in [0.05, 0.1) is 11.9 Å². The highest BCUT2D eigenvalue weighted by molar-refractivity contribution is 9.10. The van der Waals surface area contributed by atoms with E-state index in [9.17, 15) is 0 Å². The molecule has 0 bridgehead atoms. The van der Waals surface area contributed by atoms with Crippen LogP contribution in [0.15, 0.2) is 34.9 Å². The van der Waals surface area contributed by atoms with E-state index in [1.54, 1.807) is 6.20 Å². The van der Waals surface area contributed by atoms with Gasteiger partial charge in [-0.1, -0.05) is 12.1 Å². The van der Waals surface area contributed by atoms with E-state index in [-0.39, 0.29) is 0 Å². The first kappa shape index (κ1) is 8.51. The van der Waals surface area contributed by atoms with Crippen LogP contribution >= 0.6 is 15.9 Å². The average molecular weight is 236 g/mol. The van der Waals surface area contributed by atoms with Crippen molar-refractivity contribution in [3.63, 3.8) is 0 Å². The number of rotatable bonds is 1. The topological polar surface area (TPSA) is 17.8 Å². The van der Waals surface area contributed by atoms with Gasteiger partial charge in [0, 0.05) is 16.2 Å². The summed E-state index contributed by atoms with van der Waals surface area (Å²) in [6, 6.07) is 11.0. The van der Waals surface area contributed by atoms with Crippen LogP contribution in [-0.4, -0.2) is 9.78 Å². The average Bonchev–Trinajstić information content (AvgIpc) is 2.52. The summed E-state index contributed by atoms with van der Waals surface area (Å²) in [6.45, 7) is 1.98. The van der Waals surface area contributed by atoms with Gasteiger partial charge in [0.15, 0.2) is 0 Å². The quantitative estimate of drug-likeness (QED) is 0.744. The SMILES string of the molecule is Cc1[c]cnn1-c1ccccc1Br. The van der Waals surface area contributed by atoms with E-state index in [1.165, 1.54) is 0 Å². The van der Waals surface area contributed by atoms with Crippen LogP contribution in [0.3, 0.4) is 0 Å². The summed E-state index contributed by atoms with van der Waals surface area (Å²) < 4.78 is 2.89. The lowest BCUT2D eigenvalue weighted by Crippen LogP contribution is -1.98. The van der Waals surface area contributed by atoms with Gasteiger partial charge in [0.2, 0.25) is 0 Å². The third-order valence-electron chi connectivity index (χ3n) is 1.84. The smallest absolute Gasteiger partial charge is 0.0790 e. The molecule has 0 aliphatic rings. The number of aromatic nitrogens is 2. The van der Waals surface area contributed by atoms with Crippen LogP contribution in [0.4, 0.5) is 0 Å². The summed E-state index contributed by atoms with van der Waals surface area (Å²) in [5.74, 6) is 0. The van der Waals surface area contributed by atoms with Crippen molar-refractivity contribution in [1.82, 2.24) is 9.78 Å². The van der Waals surface area contributed by atoms with Crippen LogP contribution in [0.2, 0.25) is 0 Å². The van der Waals surface area contributed by atoms with Gasteiger partial charge in [0.25, 0.3) is 0 Å². The molecular formula is C10H8BrN2. The molecule has 0 aliphatic heterocycles. The van der Waals surface area contributed by atoms with Crippen molar-refractivity contribution in [3.05, 3.63) is 46.7 Å². The molecule has 0 aliphatic carbocycles. The zero-order valence-corrected chi connectivity index (χ0v) is 8.75. The van der Waals surface area contributed by atoms with Crippen LogP contribution < -0.4 is 0 Å². The standard InChI is InChI=1S/C10H8BrN2/c1-8-6-7-12-13(8)10-5-3-2-4-9(10)11/h2-5,7H,1H3. The maximum absolute atomic E-state index is 4.18. The summed E-state index contributed by atoms with van der Waals surface area (Å²) in [5, 5.41) is 4.18. The fraction of sp³-hybridized carbons (Fsp3) is 0.100. The molecule has 65 valence electrons. The lowest BCUT2D eigenvalue weighted by Gasteiger charge is -2.05. The van der Waals surface area contributed by atoms with Gasteiger partial charge in [-0.3, -0.25) is 0 Å². The Morgan fingerprint density at radius 3 is 2.77 bits per heavy atom. The van der Waals surface area contributed by atoms with Crippen molar-refractivity contribution in [2.75, 3.05) is 0 Å². The van der Waals surface area contributed by atoms with Gasteiger partial charge >= 0.3 is 0 Å². The number of halogens is 1. The fourth-order valence-electron chi connectivity index (χ4n) is 1.19. The summed E-state index contributed by atoms with van der Waals surface area (Å²) >= 11 is 3.48. The Bertz CT molecular complexity index is 420. The Hall–Kier alpha value is -1.09. The van der Waals surface area contributed by atoms with E-state index in [2.05, 4.69) is 27.1 Å². The lowest BCUT2D eigenvalue weighted by atomic mass is 10.3. The Labute approximate surface area is 85.3 Å². The van der Waals surface area contributed by atoms with Crippen molar-refractivity contribution >= 4 is 15.9 Å². The van der Waals surface area contributed by atoms with Gasteiger partial charge in [-0.25, -0.2) is 4.68 Å². The molecule has 1 aromatic carbocycles. The molecular weight excluding hydrogens is 228 g/mol. The highest BCUT2D eigenvalue weighted by atomic mass is 79.9. The number of para-hydroxylation sites is 1. The van der Waals surface area contributed by atoms with E-state index in [1.807, 2.05) is 35.9 Å². The Balaban J connectivity index is 2.59. The summed E-state index contributed by atoms with van der Waals surface area (Å²) in [5.41, 5.74) is 2.05. The molecule has 0 saturated heterocycles. The van der Waals surface area contributed by atoms with Gasteiger partial charge < -0.3 is 0 Å². The number of aryl methyl sites for hydroxylation is 1. The molecule has 0 amide bonds. The van der Waals surface area contributed by atoms with Crippen LogP contribution in [-0.2, 0) is 0 Å². The molecule has 2 rings (SSSR count). The third kappa shape index (κ3) is 1.52. The van der Waals surface area contributed by atoms with Crippen molar-refractivity contribution in [1.29, 1.82) is 0 Å². The molecule has 1 radical (unpaired) electrons. The molecule has 3 heteroatoms. The summed E-state index contributed by atoms with van der Waals surface area (Å²) in [6.07, 6.45) is 1.68. The molecule has 13 heavy (non-hydrogen) atoms. The number of nitrogens with zero attached hydrogens (tertiary/aromatic N) is 2. The van der Waals surface area contributed by atoms with Gasteiger partial charge in [-0.05, 0) is 35.0 Å². The van der Waals surface area contributed by atoms with Crippen LogP contribution in [0, 0.1) is 13.0 Å². The summed E-state index contributed by atoms with van der Waals surface area (Å²) in [7, 11) is 0. The molecule has 1 heterocycles. The molecule has 0 atom stereocenters. The molecule has 2 aromatic rings. The summed E-state index contributed by atoms with van der Waals surface area (Å²) in [4.78, 5) is 0. The second-order valence-electron chi connectivity index (χ2n) is 2.74. The minimum Gasteiger partial charge on any atom is -0.236 e. The fourth-order valence-corrected chi connectivity index (χ4v) is 1.65. The van der Waals surface area contributed by atoms with Crippen molar-refractivity contribution in [2.45, 2.75) is 6.92 Å². The molecule has 0 unspecified atom stereocenters. The molecule has 0 saturated carbocycles. The Morgan fingerprint density at radius 2 is 2.15 bits per heavy atom. The minimum atomic E-state index is 1.01. The maximum Gasteiger partial charge on any atom is 0.0790 e. The first-order valence-corrected chi connectivity index (χ1v) is 4.75. The molecule has 0 N–H and O–H groups in total. The Kier molecular flexibility index (Phi) is 2.19. The van der Waals surface area contributed by atoms with Crippen molar-refractivity contribution < 1.29 is 0 Å². The monoisotopic (exact) mass is 235 g/mol. The minimum absolute atomic E-state index is 1.01. The third-order valence-corrected chi connectivity index (χ3v) is 2.52. The predicted molar refractivity (Wildman–Crippen MR) is 54.8 cm³/mol. The molecule has 0 spiro atoms. The van der Waals surface area contributed by atoms with Crippen molar-refractivity contribution in [3.8, 4) is 5.69 Å². The second-order valence-corrected chi connectivity index (χ2v) is 3.59. The van der Waals surface area contributed by atoms with Gasteiger partial charge in [-0.15, -0.1) is 0 Å². The maximum atomic E-state index is 4.18. The van der Waals surface area contributed by atoms with Crippen LogP contribution in [0.25, 0.3) is 5.69 Å².